The number of rotatable bonds is 6. The van der Waals surface area contributed by atoms with Crippen molar-refractivity contribution in [1.82, 2.24) is 10.6 Å². The molecule has 0 bridgehead atoms. The largest absolute Gasteiger partial charge is 0.510 e. The van der Waals surface area contributed by atoms with Gasteiger partial charge in [-0.05, 0) is 80.3 Å². The molecule has 2 aliphatic heterocycles. The van der Waals surface area contributed by atoms with Gasteiger partial charge >= 0.3 is 18.1 Å². The molecular weight excluding hydrogens is 416 g/mol. The number of hydrogen-bond donors (Lipinski definition) is 2. The Morgan fingerprint density at radius 2 is 1.09 bits per heavy atom. The van der Waals surface area contributed by atoms with E-state index in [0.29, 0.717) is 25.9 Å². The molecule has 2 saturated heterocycles. The fraction of sp³-hybridized carbons (Fsp3) is 0.870. The quantitative estimate of drug-likeness (QED) is 0.460. The zero-order valence-electron chi connectivity index (χ0n) is 20.3. The molecule has 0 amide bonds. The Hall–Kier alpha value is -1.87. The molecule has 4 atom stereocenters. The van der Waals surface area contributed by atoms with Gasteiger partial charge in [-0.25, -0.2) is 14.4 Å². The SMILES string of the molecule is CC(C)(C)OC(=O)C(OC(=O)OC(C(=O)OC(C)(C)C)C1CCCNC1)C1CCCNC1. The lowest BCUT2D eigenvalue weighted by molar-refractivity contribution is -0.176. The molecule has 0 spiro atoms. The Morgan fingerprint density at radius 3 is 1.38 bits per heavy atom. The van der Waals surface area contributed by atoms with Crippen molar-refractivity contribution in [2.24, 2.45) is 11.8 Å². The van der Waals surface area contributed by atoms with Crippen LogP contribution in [-0.4, -0.2) is 67.7 Å². The van der Waals surface area contributed by atoms with Gasteiger partial charge < -0.3 is 29.6 Å². The minimum Gasteiger partial charge on any atom is -0.457 e. The van der Waals surface area contributed by atoms with Gasteiger partial charge in [0.05, 0.1) is 0 Å². The minimum absolute atomic E-state index is 0.234. The van der Waals surface area contributed by atoms with Gasteiger partial charge in [-0.1, -0.05) is 0 Å². The van der Waals surface area contributed by atoms with Crippen LogP contribution in [0.5, 0.6) is 0 Å². The molecule has 9 nitrogen and oxygen atoms in total. The summed E-state index contributed by atoms with van der Waals surface area (Å²) >= 11 is 0. The third-order valence-electron chi connectivity index (χ3n) is 5.25. The number of ether oxygens (including phenoxy) is 4. The van der Waals surface area contributed by atoms with Crippen molar-refractivity contribution < 1.29 is 33.3 Å². The van der Waals surface area contributed by atoms with Gasteiger partial charge in [0.15, 0.2) is 0 Å². The Bertz CT molecular complexity index is 588. The number of esters is 2. The third kappa shape index (κ3) is 8.94. The first-order valence-electron chi connectivity index (χ1n) is 11.6. The van der Waals surface area contributed by atoms with Gasteiger partial charge in [-0.3, -0.25) is 0 Å². The maximum atomic E-state index is 12.8. The summed E-state index contributed by atoms with van der Waals surface area (Å²) in [6.45, 7) is 13.3. The average molecular weight is 457 g/mol. The molecule has 4 unspecified atom stereocenters. The van der Waals surface area contributed by atoms with E-state index in [1.807, 2.05) is 0 Å². The molecule has 0 radical (unpaired) electrons. The van der Waals surface area contributed by atoms with E-state index in [1.165, 1.54) is 0 Å². The van der Waals surface area contributed by atoms with Gasteiger partial charge in [0, 0.05) is 24.9 Å². The first-order valence-corrected chi connectivity index (χ1v) is 11.6. The van der Waals surface area contributed by atoms with Gasteiger partial charge in [0.2, 0.25) is 12.2 Å². The standard InChI is InChI=1S/C23H40N2O7/c1-22(2,3)31-19(26)17(15-9-7-11-24-13-15)29-21(28)30-18(16-10-8-12-25-14-16)20(27)32-23(4,5)6/h15-18,24-25H,7-14H2,1-6H3. The minimum atomic E-state index is -1.11. The van der Waals surface area contributed by atoms with E-state index in [9.17, 15) is 14.4 Å². The van der Waals surface area contributed by atoms with Crippen LogP contribution in [0.25, 0.3) is 0 Å². The van der Waals surface area contributed by atoms with E-state index in [1.54, 1.807) is 41.5 Å². The second-order valence-electron chi connectivity index (χ2n) is 10.6. The second-order valence-corrected chi connectivity index (χ2v) is 10.6. The first-order chi connectivity index (χ1) is 14.9. The van der Waals surface area contributed by atoms with Crippen LogP contribution in [0, 0.1) is 11.8 Å². The summed E-state index contributed by atoms with van der Waals surface area (Å²) in [6, 6.07) is 0. The van der Waals surface area contributed by atoms with E-state index in [4.69, 9.17) is 18.9 Å². The van der Waals surface area contributed by atoms with Crippen molar-refractivity contribution in [2.75, 3.05) is 26.2 Å². The van der Waals surface area contributed by atoms with Gasteiger partial charge in [0.1, 0.15) is 11.2 Å². The van der Waals surface area contributed by atoms with Crippen LogP contribution >= 0.6 is 0 Å². The van der Waals surface area contributed by atoms with E-state index in [0.717, 1.165) is 25.9 Å². The monoisotopic (exact) mass is 456 g/mol. The highest BCUT2D eigenvalue weighted by Crippen LogP contribution is 2.24. The summed E-state index contributed by atoms with van der Waals surface area (Å²) in [4.78, 5) is 38.4. The first kappa shape index (κ1) is 26.4. The van der Waals surface area contributed by atoms with Crippen molar-refractivity contribution >= 4 is 18.1 Å². The lowest BCUT2D eigenvalue weighted by Gasteiger charge is -2.33. The molecule has 32 heavy (non-hydrogen) atoms. The van der Waals surface area contributed by atoms with Crippen LogP contribution in [0.2, 0.25) is 0 Å². The molecule has 2 aliphatic rings. The maximum absolute atomic E-state index is 12.8. The molecule has 0 saturated carbocycles. The zero-order valence-corrected chi connectivity index (χ0v) is 20.3. The highest BCUT2D eigenvalue weighted by molar-refractivity contribution is 5.80. The second kappa shape index (κ2) is 11.3. The zero-order chi connectivity index (χ0) is 23.9. The molecule has 2 fully saturated rings. The van der Waals surface area contributed by atoms with Gasteiger partial charge in [0.25, 0.3) is 0 Å². The molecule has 2 heterocycles. The van der Waals surface area contributed by atoms with Crippen molar-refractivity contribution in [3.05, 3.63) is 0 Å². The maximum Gasteiger partial charge on any atom is 0.510 e. The smallest absolute Gasteiger partial charge is 0.457 e. The summed E-state index contributed by atoms with van der Waals surface area (Å²) < 4.78 is 22.0. The normalized spacial score (nSPS) is 24.1. The lowest BCUT2D eigenvalue weighted by Crippen LogP contribution is -2.48. The molecule has 2 N–H and O–H groups in total. The lowest BCUT2D eigenvalue weighted by atomic mass is 9.93. The summed E-state index contributed by atoms with van der Waals surface area (Å²) in [5.74, 6) is -1.70. The molecule has 0 aliphatic carbocycles. The highest BCUT2D eigenvalue weighted by atomic mass is 16.7. The summed E-state index contributed by atoms with van der Waals surface area (Å²) in [5, 5.41) is 6.44. The number of carbonyl (C=O) groups excluding carboxylic acids is 3. The van der Waals surface area contributed by atoms with Crippen LogP contribution < -0.4 is 10.6 Å². The Labute approximate surface area is 191 Å². The number of carbonyl (C=O) groups is 3. The van der Waals surface area contributed by atoms with Crippen molar-refractivity contribution in [3.8, 4) is 0 Å². The van der Waals surface area contributed by atoms with E-state index in [-0.39, 0.29) is 11.8 Å². The van der Waals surface area contributed by atoms with Crippen LogP contribution in [-0.2, 0) is 28.5 Å². The van der Waals surface area contributed by atoms with Crippen molar-refractivity contribution in [1.29, 1.82) is 0 Å². The summed E-state index contributed by atoms with van der Waals surface area (Å²) in [6.07, 6.45) is -0.143. The van der Waals surface area contributed by atoms with Crippen molar-refractivity contribution in [2.45, 2.75) is 90.6 Å². The van der Waals surface area contributed by atoms with Crippen LogP contribution in [0.1, 0.15) is 67.2 Å². The third-order valence-corrected chi connectivity index (χ3v) is 5.25. The van der Waals surface area contributed by atoms with Crippen molar-refractivity contribution in [3.63, 3.8) is 0 Å². The van der Waals surface area contributed by atoms with Crippen LogP contribution in [0.4, 0.5) is 4.79 Å². The number of hydrogen-bond acceptors (Lipinski definition) is 9. The van der Waals surface area contributed by atoms with Crippen LogP contribution in [0.15, 0.2) is 0 Å². The Kier molecular flexibility index (Phi) is 9.33. The topological polar surface area (TPSA) is 112 Å². The molecule has 184 valence electrons. The van der Waals surface area contributed by atoms with Gasteiger partial charge in [-0.15, -0.1) is 0 Å². The van der Waals surface area contributed by atoms with Crippen LogP contribution in [0.3, 0.4) is 0 Å². The highest BCUT2D eigenvalue weighted by Gasteiger charge is 2.40. The van der Waals surface area contributed by atoms with E-state index >= 15 is 0 Å². The average Bonchev–Trinajstić information content (AvgIpc) is 2.69. The molecule has 0 aromatic rings. The molecular formula is C23H40N2O7. The predicted octanol–water partition coefficient (Wildman–Crippen LogP) is 2.56. The molecule has 0 aromatic heterocycles. The number of nitrogens with one attached hydrogen (secondary N) is 2. The van der Waals surface area contributed by atoms with E-state index < -0.39 is 41.5 Å². The van der Waals surface area contributed by atoms with Gasteiger partial charge in [-0.2, -0.15) is 0 Å². The molecule has 9 heteroatoms. The predicted molar refractivity (Wildman–Crippen MR) is 118 cm³/mol. The molecule has 0 aromatic carbocycles. The fourth-order valence-corrected chi connectivity index (χ4v) is 3.90. The number of piperidine rings is 2. The fourth-order valence-electron chi connectivity index (χ4n) is 3.90. The van der Waals surface area contributed by atoms with E-state index in [2.05, 4.69) is 10.6 Å². The Morgan fingerprint density at radius 1 is 0.719 bits per heavy atom. The molecule has 2 rings (SSSR count). The summed E-state index contributed by atoms with van der Waals surface area (Å²) in [7, 11) is 0. The Balaban J connectivity index is 2.13. The summed E-state index contributed by atoms with van der Waals surface area (Å²) in [5.41, 5.74) is -1.45.